The van der Waals surface area contributed by atoms with Crippen molar-refractivity contribution in [2.24, 2.45) is 4.99 Å². The Morgan fingerprint density at radius 3 is 2.53 bits per heavy atom. The zero-order valence-electron chi connectivity index (χ0n) is 18.0. The zero-order valence-corrected chi connectivity index (χ0v) is 21.1. The Morgan fingerprint density at radius 2 is 1.90 bits per heavy atom. The Kier molecular flexibility index (Phi) is 10.1. The number of halogens is 2. The largest absolute Gasteiger partial charge is 0.357 e. The number of likely N-dealkylation sites (N-methyl/N-ethyl adjacent to an activating group) is 1. The minimum Gasteiger partial charge on any atom is -0.357 e. The van der Waals surface area contributed by atoms with Crippen LogP contribution in [0.3, 0.4) is 0 Å². The molecule has 0 amide bonds. The van der Waals surface area contributed by atoms with Gasteiger partial charge in [0.1, 0.15) is 5.82 Å². The van der Waals surface area contributed by atoms with E-state index in [0.29, 0.717) is 13.1 Å². The van der Waals surface area contributed by atoms with Crippen molar-refractivity contribution in [2.45, 2.75) is 20.0 Å². The van der Waals surface area contributed by atoms with E-state index in [1.807, 2.05) is 37.5 Å². The summed E-state index contributed by atoms with van der Waals surface area (Å²) in [4.78, 5) is 16.2. The van der Waals surface area contributed by atoms with Gasteiger partial charge < -0.3 is 20.0 Å². The molecule has 0 aliphatic carbocycles. The van der Waals surface area contributed by atoms with Crippen LogP contribution in [-0.2, 0) is 13.1 Å². The molecule has 30 heavy (non-hydrogen) atoms. The number of aromatic nitrogens is 1. The van der Waals surface area contributed by atoms with Crippen LogP contribution in [-0.4, -0.2) is 67.6 Å². The molecular formula is C22H32ClIN6. The first-order valence-corrected chi connectivity index (χ1v) is 10.6. The quantitative estimate of drug-likeness (QED) is 0.343. The Bertz CT molecular complexity index is 806. The molecule has 1 aliphatic heterocycles. The maximum absolute atomic E-state index is 6.31. The molecule has 2 aromatic rings. The Morgan fingerprint density at radius 1 is 1.17 bits per heavy atom. The normalized spacial score (nSPS) is 14.9. The third kappa shape index (κ3) is 6.99. The predicted molar refractivity (Wildman–Crippen MR) is 137 cm³/mol. The van der Waals surface area contributed by atoms with Gasteiger partial charge in [-0.2, -0.15) is 0 Å². The fourth-order valence-corrected chi connectivity index (χ4v) is 3.52. The van der Waals surface area contributed by atoms with Gasteiger partial charge in [0.2, 0.25) is 0 Å². The summed E-state index contributed by atoms with van der Waals surface area (Å²) < 4.78 is 0. The Hall–Kier alpha value is -1.58. The maximum Gasteiger partial charge on any atom is 0.194 e. The van der Waals surface area contributed by atoms with Crippen molar-refractivity contribution in [3.05, 3.63) is 58.7 Å². The lowest BCUT2D eigenvalue weighted by Crippen LogP contribution is -2.44. The highest BCUT2D eigenvalue weighted by molar-refractivity contribution is 14.0. The van der Waals surface area contributed by atoms with Crippen LogP contribution in [0.15, 0.2) is 47.6 Å². The van der Waals surface area contributed by atoms with Crippen molar-refractivity contribution in [1.82, 2.24) is 20.1 Å². The average molecular weight is 543 g/mol. The molecule has 1 aromatic heterocycles. The van der Waals surface area contributed by atoms with Gasteiger partial charge in [-0.3, -0.25) is 0 Å². The number of piperazine rings is 1. The number of hydrogen-bond donors (Lipinski definition) is 1. The van der Waals surface area contributed by atoms with E-state index in [0.717, 1.165) is 60.7 Å². The van der Waals surface area contributed by atoms with Gasteiger partial charge in [-0.1, -0.05) is 35.9 Å². The molecule has 0 atom stereocenters. The number of guanidine groups is 1. The summed E-state index contributed by atoms with van der Waals surface area (Å²) in [5.74, 6) is 1.91. The van der Waals surface area contributed by atoms with Crippen LogP contribution in [0.5, 0.6) is 0 Å². The fourth-order valence-electron chi connectivity index (χ4n) is 3.33. The number of nitrogens with zero attached hydrogens (tertiary/aromatic N) is 5. The van der Waals surface area contributed by atoms with Gasteiger partial charge >= 0.3 is 0 Å². The van der Waals surface area contributed by atoms with E-state index < -0.39 is 0 Å². The Balaban J connectivity index is 0.00000320. The predicted octanol–water partition coefficient (Wildman–Crippen LogP) is 3.70. The van der Waals surface area contributed by atoms with Crippen LogP contribution in [0.1, 0.15) is 18.1 Å². The number of anilines is 1. The lowest BCUT2D eigenvalue weighted by Gasteiger charge is -2.33. The highest BCUT2D eigenvalue weighted by Crippen LogP contribution is 2.17. The van der Waals surface area contributed by atoms with Crippen molar-refractivity contribution < 1.29 is 0 Å². The number of aliphatic imine (C=N–C) groups is 1. The van der Waals surface area contributed by atoms with Crippen LogP contribution >= 0.6 is 35.6 Å². The highest BCUT2D eigenvalue weighted by Gasteiger charge is 2.15. The number of benzene rings is 1. The number of nitrogens with one attached hydrogen (secondary N) is 1. The molecule has 164 valence electrons. The summed E-state index contributed by atoms with van der Waals surface area (Å²) in [6.07, 6.45) is 1.94. The lowest BCUT2D eigenvalue weighted by atomic mass is 10.2. The molecule has 1 fully saturated rings. The van der Waals surface area contributed by atoms with Gasteiger partial charge in [0, 0.05) is 57.5 Å². The monoisotopic (exact) mass is 542 g/mol. The van der Waals surface area contributed by atoms with Gasteiger partial charge in [0.15, 0.2) is 5.96 Å². The van der Waals surface area contributed by atoms with Crippen molar-refractivity contribution in [3.8, 4) is 0 Å². The Labute approximate surface area is 202 Å². The molecule has 3 rings (SSSR count). The zero-order chi connectivity index (χ0) is 20.6. The van der Waals surface area contributed by atoms with Crippen LogP contribution in [0, 0.1) is 0 Å². The van der Waals surface area contributed by atoms with Crippen molar-refractivity contribution in [3.63, 3.8) is 0 Å². The smallest absolute Gasteiger partial charge is 0.194 e. The molecule has 1 aromatic carbocycles. The van der Waals surface area contributed by atoms with E-state index in [9.17, 15) is 0 Å². The van der Waals surface area contributed by atoms with E-state index in [1.54, 1.807) is 0 Å². The second-order valence-corrected chi connectivity index (χ2v) is 7.84. The average Bonchev–Trinajstić information content (AvgIpc) is 2.74. The molecule has 1 aliphatic rings. The summed E-state index contributed by atoms with van der Waals surface area (Å²) in [5.41, 5.74) is 2.19. The van der Waals surface area contributed by atoms with Crippen molar-refractivity contribution >= 4 is 47.4 Å². The molecule has 2 heterocycles. The van der Waals surface area contributed by atoms with Crippen LogP contribution in [0.4, 0.5) is 5.82 Å². The summed E-state index contributed by atoms with van der Waals surface area (Å²) in [6, 6.07) is 12.2. The third-order valence-electron chi connectivity index (χ3n) is 5.11. The van der Waals surface area contributed by atoms with Gasteiger partial charge in [-0.15, -0.1) is 24.0 Å². The van der Waals surface area contributed by atoms with Gasteiger partial charge in [-0.25, -0.2) is 9.98 Å². The first kappa shape index (κ1) is 24.7. The molecule has 8 heteroatoms. The molecule has 0 unspecified atom stereocenters. The molecule has 0 saturated carbocycles. The van der Waals surface area contributed by atoms with Crippen molar-refractivity contribution in [1.29, 1.82) is 0 Å². The number of hydrogen-bond acceptors (Lipinski definition) is 4. The molecule has 0 radical (unpaired) electrons. The summed E-state index contributed by atoms with van der Waals surface area (Å²) in [6.45, 7) is 8.39. The third-order valence-corrected chi connectivity index (χ3v) is 5.48. The van der Waals surface area contributed by atoms with E-state index in [-0.39, 0.29) is 24.0 Å². The minimum atomic E-state index is 0. The molecule has 0 spiro atoms. The molecule has 1 N–H and O–H groups in total. The first-order valence-electron chi connectivity index (χ1n) is 10.2. The summed E-state index contributed by atoms with van der Waals surface area (Å²) in [7, 11) is 4.19. The second kappa shape index (κ2) is 12.3. The standard InChI is InChI=1S/C22H31ClN6.HI/c1-4-24-22(28(3)17-19-7-5-6-8-20(19)23)26-16-18-9-10-21(25-15-18)29-13-11-27(2)12-14-29;/h5-10,15H,4,11-14,16-17H2,1-3H3,(H,24,26);1H. The number of pyridine rings is 1. The molecular weight excluding hydrogens is 511 g/mol. The van der Waals surface area contributed by atoms with E-state index in [1.165, 1.54) is 0 Å². The van der Waals surface area contributed by atoms with Gasteiger partial charge in [0.25, 0.3) is 0 Å². The SMILES string of the molecule is CCNC(=NCc1ccc(N2CCN(C)CC2)nc1)N(C)Cc1ccccc1Cl.I. The number of rotatable bonds is 6. The molecule has 0 bridgehead atoms. The van der Waals surface area contributed by atoms with Gasteiger partial charge in [0.05, 0.1) is 6.54 Å². The fraction of sp³-hybridized carbons (Fsp3) is 0.455. The van der Waals surface area contributed by atoms with E-state index >= 15 is 0 Å². The van der Waals surface area contributed by atoms with Crippen molar-refractivity contribution in [2.75, 3.05) is 51.7 Å². The first-order chi connectivity index (χ1) is 14.1. The van der Waals surface area contributed by atoms with Crippen LogP contribution in [0.25, 0.3) is 0 Å². The maximum atomic E-state index is 6.31. The second-order valence-electron chi connectivity index (χ2n) is 7.43. The summed E-state index contributed by atoms with van der Waals surface area (Å²) >= 11 is 6.31. The minimum absolute atomic E-state index is 0. The van der Waals surface area contributed by atoms with Gasteiger partial charge in [-0.05, 0) is 37.2 Å². The van der Waals surface area contributed by atoms with Crippen LogP contribution in [0.2, 0.25) is 5.02 Å². The molecule has 1 saturated heterocycles. The van der Waals surface area contributed by atoms with E-state index in [2.05, 4.69) is 51.1 Å². The highest BCUT2D eigenvalue weighted by atomic mass is 127. The van der Waals surface area contributed by atoms with Crippen LogP contribution < -0.4 is 10.2 Å². The van der Waals surface area contributed by atoms with E-state index in [4.69, 9.17) is 16.6 Å². The topological polar surface area (TPSA) is 47.0 Å². The summed E-state index contributed by atoms with van der Waals surface area (Å²) in [5, 5.41) is 4.14. The molecule has 6 nitrogen and oxygen atoms in total. The lowest BCUT2D eigenvalue weighted by molar-refractivity contribution is 0.312.